The van der Waals surface area contributed by atoms with Crippen molar-refractivity contribution in [3.63, 3.8) is 0 Å². The van der Waals surface area contributed by atoms with E-state index in [1.165, 1.54) is 38.6 Å². The first-order chi connectivity index (χ1) is 6.22. The second-order valence-corrected chi connectivity index (χ2v) is 6.19. The zero-order valence-electron chi connectivity index (χ0n) is 8.85. The largest absolute Gasteiger partial charge is 0.305 e. The Morgan fingerprint density at radius 2 is 1.77 bits per heavy atom. The summed E-state index contributed by atoms with van der Waals surface area (Å²) >= 11 is 2.44. The molecule has 0 heterocycles. The fourth-order valence-electron chi connectivity index (χ4n) is 2.17. The maximum atomic E-state index is 3.53. The van der Waals surface area contributed by atoms with Crippen molar-refractivity contribution in [3.8, 4) is 0 Å². The van der Waals surface area contributed by atoms with Gasteiger partial charge in [-0.1, -0.05) is 48.8 Å². The topological polar surface area (TPSA) is 12.0 Å². The Bertz CT molecular complexity index is 128. The molecule has 0 aromatic rings. The molecule has 13 heavy (non-hydrogen) atoms. The number of hydrogen-bond donors (Lipinski definition) is 1. The summed E-state index contributed by atoms with van der Waals surface area (Å²) in [6, 6.07) is 0. The van der Waals surface area contributed by atoms with Gasteiger partial charge in [-0.25, -0.2) is 0 Å². The van der Waals surface area contributed by atoms with Crippen LogP contribution in [0.15, 0.2) is 0 Å². The molecule has 0 saturated heterocycles. The molecule has 1 nitrogen and oxygen atoms in total. The normalized spacial score (nSPS) is 31.6. The van der Waals surface area contributed by atoms with E-state index in [1.807, 2.05) is 0 Å². The van der Waals surface area contributed by atoms with Crippen molar-refractivity contribution < 1.29 is 0 Å². The molecule has 0 bridgehead atoms. The van der Waals surface area contributed by atoms with E-state index in [0.717, 1.165) is 11.8 Å². The number of alkyl halides is 1. The van der Waals surface area contributed by atoms with Crippen LogP contribution in [0, 0.1) is 11.8 Å². The van der Waals surface area contributed by atoms with E-state index in [2.05, 4.69) is 41.8 Å². The predicted molar refractivity (Wildman–Crippen MR) is 67.2 cm³/mol. The summed E-state index contributed by atoms with van der Waals surface area (Å²) in [4.78, 5) is 0. The molecular formula is C11H22IN. The summed E-state index contributed by atoms with van der Waals surface area (Å²) in [6.45, 7) is 5.79. The minimum absolute atomic E-state index is 0.626. The third-order valence-corrected chi connectivity index (χ3v) is 3.67. The molecule has 1 aliphatic carbocycles. The zero-order valence-corrected chi connectivity index (χ0v) is 11.0. The van der Waals surface area contributed by atoms with Gasteiger partial charge >= 0.3 is 0 Å². The molecule has 0 amide bonds. The highest BCUT2D eigenvalue weighted by molar-refractivity contribution is 14.1. The molecule has 0 aromatic carbocycles. The van der Waals surface area contributed by atoms with Crippen molar-refractivity contribution in [2.75, 3.05) is 6.54 Å². The first-order valence-electron chi connectivity index (χ1n) is 5.59. The smallest absolute Gasteiger partial charge is 0.0565 e. The molecule has 1 N–H and O–H groups in total. The molecule has 0 radical (unpaired) electrons. The lowest BCUT2D eigenvalue weighted by Crippen LogP contribution is -2.29. The molecule has 78 valence electrons. The molecule has 1 atom stereocenters. The van der Waals surface area contributed by atoms with Gasteiger partial charge in [0, 0.05) is 0 Å². The Kier molecular flexibility index (Phi) is 5.63. The lowest BCUT2D eigenvalue weighted by Gasteiger charge is -2.28. The van der Waals surface area contributed by atoms with E-state index < -0.39 is 0 Å². The van der Waals surface area contributed by atoms with Gasteiger partial charge in [0.25, 0.3) is 0 Å². The third kappa shape index (κ3) is 4.63. The van der Waals surface area contributed by atoms with Crippen molar-refractivity contribution in [3.05, 3.63) is 0 Å². The predicted octanol–water partition coefficient (Wildman–Crippen LogP) is 3.57. The van der Waals surface area contributed by atoms with Crippen LogP contribution in [0.25, 0.3) is 0 Å². The average molecular weight is 295 g/mol. The van der Waals surface area contributed by atoms with Crippen molar-refractivity contribution in [1.82, 2.24) is 5.32 Å². The Balaban J connectivity index is 2.10. The highest BCUT2D eigenvalue weighted by atomic mass is 127. The SMILES string of the molecule is CCC1CCC(CN[C@@H](C)I)CC1. The van der Waals surface area contributed by atoms with Gasteiger partial charge in [-0.3, -0.25) is 0 Å². The molecule has 0 aliphatic heterocycles. The Morgan fingerprint density at radius 1 is 1.23 bits per heavy atom. The standard InChI is InChI=1S/C11H22IN/c1-3-10-4-6-11(7-5-10)8-13-9(2)12/h9-11,13H,3-8H2,1-2H3/t9-,10?,11?/m0/s1. The minimum atomic E-state index is 0.626. The summed E-state index contributed by atoms with van der Waals surface area (Å²) < 4.78 is 0.626. The number of hydrogen-bond acceptors (Lipinski definition) is 1. The summed E-state index contributed by atoms with van der Waals surface area (Å²) in [5, 5.41) is 3.53. The van der Waals surface area contributed by atoms with Gasteiger partial charge in [0.05, 0.1) is 4.05 Å². The summed E-state index contributed by atoms with van der Waals surface area (Å²) in [6.07, 6.45) is 7.24. The minimum Gasteiger partial charge on any atom is -0.305 e. The van der Waals surface area contributed by atoms with E-state index in [4.69, 9.17) is 0 Å². The van der Waals surface area contributed by atoms with Gasteiger partial charge < -0.3 is 5.32 Å². The van der Waals surface area contributed by atoms with Gasteiger partial charge in [0.2, 0.25) is 0 Å². The van der Waals surface area contributed by atoms with Crippen LogP contribution in [0.3, 0.4) is 0 Å². The van der Waals surface area contributed by atoms with Crippen LogP contribution >= 0.6 is 22.6 Å². The van der Waals surface area contributed by atoms with Crippen molar-refractivity contribution in [2.24, 2.45) is 11.8 Å². The first kappa shape index (κ1) is 11.8. The molecule has 1 saturated carbocycles. The first-order valence-corrected chi connectivity index (χ1v) is 6.84. The van der Waals surface area contributed by atoms with E-state index in [-0.39, 0.29) is 0 Å². The van der Waals surface area contributed by atoms with Crippen LogP contribution in [0.4, 0.5) is 0 Å². The average Bonchev–Trinajstić information content (AvgIpc) is 2.15. The summed E-state index contributed by atoms with van der Waals surface area (Å²) in [5.74, 6) is 1.99. The van der Waals surface area contributed by atoms with Crippen LogP contribution in [-0.2, 0) is 0 Å². The molecule has 0 unspecified atom stereocenters. The summed E-state index contributed by atoms with van der Waals surface area (Å²) in [7, 11) is 0. The van der Waals surface area contributed by atoms with Gasteiger partial charge in [0.1, 0.15) is 0 Å². The van der Waals surface area contributed by atoms with Crippen molar-refractivity contribution in [2.45, 2.75) is 50.0 Å². The maximum Gasteiger partial charge on any atom is 0.0565 e. The monoisotopic (exact) mass is 295 g/mol. The van der Waals surface area contributed by atoms with Crippen LogP contribution in [0.5, 0.6) is 0 Å². The quantitative estimate of drug-likeness (QED) is 0.475. The van der Waals surface area contributed by atoms with E-state index in [1.54, 1.807) is 0 Å². The zero-order chi connectivity index (χ0) is 9.68. The van der Waals surface area contributed by atoms with Gasteiger partial charge in [0.15, 0.2) is 0 Å². The highest BCUT2D eigenvalue weighted by Gasteiger charge is 2.19. The molecule has 1 rings (SSSR count). The second-order valence-electron chi connectivity index (χ2n) is 4.32. The number of rotatable bonds is 4. The molecule has 0 spiro atoms. The Morgan fingerprint density at radius 3 is 2.23 bits per heavy atom. The van der Waals surface area contributed by atoms with Gasteiger partial charge in [-0.2, -0.15) is 0 Å². The van der Waals surface area contributed by atoms with E-state index in [0.29, 0.717) is 4.05 Å². The third-order valence-electron chi connectivity index (χ3n) is 3.23. The van der Waals surface area contributed by atoms with Crippen molar-refractivity contribution in [1.29, 1.82) is 0 Å². The lowest BCUT2D eigenvalue weighted by molar-refractivity contribution is 0.263. The van der Waals surface area contributed by atoms with Crippen molar-refractivity contribution >= 4 is 22.6 Å². The highest BCUT2D eigenvalue weighted by Crippen LogP contribution is 2.30. The molecule has 0 aromatic heterocycles. The van der Waals surface area contributed by atoms with Gasteiger partial charge in [-0.15, -0.1) is 0 Å². The number of halogens is 1. The van der Waals surface area contributed by atoms with Gasteiger partial charge in [-0.05, 0) is 38.1 Å². The van der Waals surface area contributed by atoms with E-state index >= 15 is 0 Å². The molecule has 1 fully saturated rings. The van der Waals surface area contributed by atoms with E-state index in [9.17, 15) is 0 Å². The Hall–Kier alpha value is 0.690. The lowest BCUT2D eigenvalue weighted by atomic mass is 9.81. The number of nitrogens with one attached hydrogen (secondary N) is 1. The fraction of sp³-hybridized carbons (Fsp3) is 1.00. The summed E-state index contributed by atoms with van der Waals surface area (Å²) in [5.41, 5.74) is 0. The van der Waals surface area contributed by atoms with Crippen LogP contribution in [-0.4, -0.2) is 10.6 Å². The molecule has 2 heteroatoms. The maximum absolute atomic E-state index is 3.53. The van der Waals surface area contributed by atoms with Crippen LogP contribution in [0.2, 0.25) is 0 Å². The van der Waals surface area contributed by atoms with Crippen LogP contribution in [0.1, 0.15) is 46.0 Å². The fourth-order valence-corrected chi connectivity index (χ4v) is 2.43. The Labute approximate surface area is 96.2 Å². The second kappa shape index (κ2) is 6.23. The molecule has 1 aliphatic rings. The molecular weight excluding hydrogens is 273 g/mol. The van der Waals surface area contributed by atoms with Crippen LogP contribution < -0.4 is 5.32 Å².